The van der Waals surface area contributed by atoms with Crippen molar-refractivity contribution in [2.45, 2.75) is 82.4 Å². The Hall–Kier alpha value is 0.170. The highest BCUT2D eigenvalue weighted by molar-refractivity contribution is 6.21. The van der Waals surface area contributed by atoms with Gasteiger partial charge in [-0.25, -0.2) is 0 Å². The van der Waals surface area contributed by atoms with Gasteiger partial charge in [-0.05, 0) is 39.5 Å². The lowest BCUT2D eigenvalue weighted by atomic mass is 9.90. The minimum atomic E-state index is 0.0834. The Balaban J connectivity index is 1.78. The van der Waals surface area contributed by atoms with Crippen LogP contribution in [0.4, 0.5) is 0 Å². The molecule has 1 saturated heterocycles. The van der Waals surface area contributed by atoms with Crippen LogP contribution in [0, 0.1) is 0 Å². The fraction of sp³-hybridized carbons (Fsp3) is 1.00. The maximum Gasteiger partial charge on any atom is 0.100 e. The third kappa shape index (κ3) is 3.60. The highest BCUT2D eigenvalue weighted by atomic mass is 35.5. The van der Waals surface area contributed by atoms with Crippen LogP contribution in [0.1, 0.15) is 46.5 Å². The van der Waals surface area contributed by atoms with E-state index in [1.807, 2.05) is 0 Å². The Morgan fingerprint density at radius 1 is 1.17 bits per heavy atom. The predicted octanol–water partition coefficient (Wildman–Crippen LogP) is 3.13. The lowest BCUT2D eigenvalue weighted by Gasteiger charge is -2.44. The molecular formula is C14H25ClO3. The minimum Gasteiger partial charge on any atom is -0.375 e. The summed E-state index contributed by atoms with van der Waals surface area (Å²) in [5.74, 6) is 0. The van der Waals surface area contributed by atoms with E-state index in [0.29, 0.717) is 18.3 Å². The van der Waals surface area contributed by atoms with Crippen molar-refractivity contribution in [2.24, 2.45) is 0 Å². The summed E-state index contributed by atoms with van der Waals surface area (Å²) in [7, 11) is 0. The molecule has 0 aromatic heterocycles. The third-order valence-electron chi connectivity index (χ3n) is 3.72. The van der Waals surface area contributed by atoms with Gasteiger partial charge >= 0.3 is 0 Å². The Kier molecular flexibility index (Phi) is 5.31. The molecule has 2 rings (SSSR count). The Bertz CT molecular complexity index is 251. The quantitative estimate of drug-likeness (QED) is 0.722. The predicted molar refractivity (Wildman–Crippen MR) is 72.2 cm³/mol. The van der Waals surface area contributed by atoms with Gasteiger partial charge in [0.1, 0.15) is 6.10 Å². The van der Waals surface area contributed by atoms with E-state index in [4.69, 9.17) is 25.8 Å². The molecule has 1 aliphatic carbocycles. The van der Waals surface area contributed by atoms with Crippen molar-refractivity contribution in [1.82, 2.24) is 0 Å². The van der Waals surface area contributed by atoms with Crippen LogP contribution in [-0.2, 0) is 14.2 Å². The number of halogens is 1. The van der Waals surface area contributed by atoms with Gasteiger partial charge in [0.05, 0.1) is 29.8 Å². The molecule has 0 radical (unpaired) electrons. The summed E-state index contributed by atoms with van der Waals surface area (Å²) >= 11 is 6.19. The topological polar surface area (TPSA) is 27.7 Å². The van der Waals surface area contributed by atoms with Gasteiger partial charge in [0, 0.05) is 6.61 Å². The number of rotatable bonds is 5. The standard InChI is InChI=1S/C14H25ClO3/c1-4-5-16-14-12(15)8-13(14)18-11-6-9(2)17-10(3)7-11/h9-14H,4-8H2,1-3H3. The monoisotopic (exact) mass is 276 g/mol. The summed E-state index contributed by atoms with van der Waals surface area (Å²) in [5.41, 5.74) is 0. The number of hydrogen-bond acceptors (Lipinski definition) is 3. The highest BCUT2D eigenvalue weighted by Gasteiger charge is 2.43. The molecule has 0 spiro atoms. The van der Waals surface area contributed by atoms with Gasteiger partial charge in [0.25, 0.3) is 0 Å². The Morgan fingerprint density at radius 2 is 1.83 bits per heavy atom. The molecule has 1 heterocycles. The minimum absolute atomic E-state index is 0.0834. The SMILES string of the molecule is CCCOC1C(Cl)CC1OC1CC(C)OC(C)C1. The molecule has 0 N–H and O–H groups in total. The maximum atomic E-state index is 6.19. The molecule has 1 saturated carbocycles. The molecule has 5 atom stereocenters. The van der Waals surface area contributed by atoms with Crippen molar-refractivity contribution < 1.29 is 14.2 Å². The van der Waals surface area contributed by atoms with Crippen LogP contribution in [0.2, 0.25) is 0 Å². The first kappa shape index (κ1) is 14.6. The molecule has 2 fully saturated rings. The van der Waals surface area contributed by atoms with Gasteiger partial charge in [-0.1, -0.05) is 6.92 Å². The fourth-order valence-electron chi connectivity index (χ4n) is 2.83. The second-order valence-electron chi connectivity index (χ2n) is 5.61. The lowest BCUT2D eigenvalue weighted by Crippen LogP contribution is -2.53. The van der Waals surface area contributed by atoms with Crippen LogP contribution in [0.3, 0.4) is 0 Å². The zero-order valence-electron chi connectivity index (χ0n) is 11.6. The summed E-state index contributed by atoms with van der Waals surface area (Å²) < 4.78 is 17.6. The smallest absolute Gasteiger partial charge is 0.100 e. The van der Waals surface area contributed by atoms with E-state index < -0.39 is 0 Å². The molecule has 3 nitrogen and oxygen atoms in total. The zero-order chi connectivity index (χ0) is 13.1. The summed E-state index contributed by atoms with van der Waals surface area (Å²) in [4.78, 5) is 0. The summed E-state index contributed by atoms with van der Waals surface area (Å²) in [6.07, 6.45) is 5.05. The van der Waals surface area contributed by atoms with Crippen LogP contribution < -0.4 is 0 Å². The molecule has 5 unspecified atom stereocenters. The van der Waals surface area contributed by atoms with Crippen molar-refractivity contribution in [3.8, 4) is 0 Å². The van der Waals surface area contributed by atoms with Crippen molar-refractivity contribution in [3.05, 3.63) is 0 Å². The molecular weight excluding hydrogens is 252 g/mol. The molecule has 0 amide bonds. The van der Waals surface area contributed by atoms with Gasteiger partial charge in [-0.3, -0.25) is 0 Å². The van der Waals surface area contributed by atoms with E-state index >= 15 is 0 Å². The molecule has 4 heteroatoms. The first-order valence-electron chi connectivity index (χ1n) is 7.16. The second-order valence-corrected chi connectivity index (χ2v) is 6.17. The highest BCUT2D eigenvalue weighted by Crippen LogP contribution is 2.35. The van der Waals surface area contributed by atoms with Crippen LogP contribution in [0.25, 0.3) is 0 Å². The number of ether oxygens (including phenoxy) is 3. The van der Waals surface area contributed by atoms with Crippen molar-refractivity contribution in [2.75, 3.05) is 6.61 Å². The Morgan fingerprint density at radius 3 is 2.39 bits per heavy atom. The first-order chi connectivity index (χ1) is 8.60. The molecule has 0 aromatic carbocycles. The number of alkyl halides is 1. The van der Waals surface area contributed by atoms with E-state index in [-0.39, 0.29) is 17.6 Å². The lowest BCUT2D eigenvalue weighted by molar-refractivity contribution is -0.180. The summed E-state index contributed by atoms with van der Waals surface area (Å²) in [5, 5.41) is 0.122. The van der Waals surface area contributed by atoms with Crippen LogP contribution >= 0.6 is 11.6 Å². The van der Waals surface area contributed by atoms with Crippen molar-refractivity contribution >= 4 is 11.6 Å². The average molecular weight is 277 g/mol. The molecule has 18 heavy (non-hydrogen) atoms. The van der Waals surface area contributed by atoms with E-state index in [2.05, 4.69) is 20.8 Å². The van der Waals surface area contributed by atoms with Crippen LogP contribution in [-0.4, -0.2) is 42.5 Å². The summed E-state index contributed by atoms with van der Waals surface area (Å²) in [6.45, 7) is 7.11. The van der Waals surface area contributed by atoms with Gasteiger partial charge in [0.15, 0.2) is 0 Å². The average Bonchev–Trinajstić information content (AvgIpc) is 2.27. The van der Waals surface area contributed by atoms with E-state index in [1.165, 1.54) is 0 Å². The van der Waals surface area contributed by atoms with Crippen LogP contribution in [0.5, 0.6) is 0 Å². The third-order valence-corrected chi connectivity index (χ3v) is 4.14. The molecule has 0 aromatic rings. The molecule has 2 aliphatic rings. The van der Waals surface area contributed by atoms with Crippen molar-refractivity contribution in [1.29, 1.82) is 0 Å². The van der Waals surface area contributed by atoms with E-state index in [0.717, 1.165) is 32.3 Å². The van der Waals surface area contributed by atoms with E-state index in [1.54, 1.807) is 0 Å². The normalized spacial score (nSPS) is 44.7. The van der Waals surface area contributed by atoms with Gasteiger partial charge in [-0.15, -0.1) is 11.6 Å². The van der Waals surface area contributed by atoms with Gasteiger partial charge in [-0.2, -0.15) is 0 Å². The van der Waals surface area contributed by atoms with Crippen LogP contribution in [0.15, 0.2) is 0 Å². The first-order valence-corrected chi connectivity index (χ1v) is 7.60. The molecule has 106 valence electrons. The zero-order valence-corrected chi connectivity index (χ0v) is 12.4. The Labute approximate surface area is 115 Å². The maximum absolute atomic E-state index is 6.19. The van der Waals surface area contributed by atoms with E-state index in [9.17, 15) is 0 Å². The van der Waals surface area contributed by atoms with Gasteiger partial charge < -0.3 is 14.2 Å². The van der Waals surface area contributed by atoms with Gasteiger partial charge in [0.2, 0.25) is 0 Å². The fourth-order valence-corrected chi connectivity index (χ4v) is 3.24. The number of hydrogen-bond donors (Lipinski definition) is 0. The second kappa shape index (κ2) is 6.56. The summed E-state index contributed by atoms with van der Waals surface area (Å²) in [6, 6.07) is 0. The largest absolute Gasteiger partial charge is 0.375 e. The molecule has 0 bridgehead atoms. The molecule has 1 aliphatic heterocycles. The van der Waals surface area contributed by atoms with Crippen molar-refractivity contribution in [3.63, 3.8) is 0 Å².